The van der Waals surface area contributed by atoms with E-state index in [2.05, 4.69) is 13.8 Å². The fraction of sp³-hybridized carbons (Fsp3) is 0.786. The summed E-state index contributed by atoms with van der Waals surface area (Å²) in [5, 5.41) is 0. The standard InChI is InChI=1S/C14H26O2/c1-4-6-8-10-12-16-14(15)13(3)11-9-7-5-2/h11H,4-10,12H2,1-3H3/b13-11+. The van der Waals surface area contributed by atoms with E-state index in [0.29, 0.717) is 6.61 Å². The Kier molecular flexibility index (Phi) is 10.2. The van der Waals surface area contributed by atoms with Crippen molar-refractivity contribution in [2.75, 3.05) is 6.61 Å². The number of unbranched alkanes of at least 4 members (excludes halogenated alkanes) is 5. The van der Waals surface area contributed by atoms with E-state index in [0.717, 1.165) is 37.7 Å². The van der Waals surface area contributed by atoms with Crippen LogP contribution in [0, 0.1) is 0 Å². The second kappa shape index (κ2) is 10.7. The van der Waals surface area contributed by atoms with Crippen molar-refractivity contribution in [3.8, 4) is 0 Å². The molecule has 94 valence electrons. The number of hydrogen-bond donors (Lipinski definition) is 0. The topological polar surface area (TPSA) is 26.3 Å². The average Bonchev–Trinajstić information content (AvgIpc) is 2.28. The van der Waals surface area contributed by atoms with Gasteiger partial charge >= 0.3 is 5.97 Å². The summed E-state index contributed by atoms with van der Waals surface area (Å²) in [5.74, 6) is -0.146. The summed E-state index contributed by atoms with van der Waals surface area (Å²) in [6.07, 6.45) is 9.85. The Morgan fingerprint density at radius 1 is 1.06 bits per heavy atom. The highest BCUT2D eigenvalue weighted by molar-refractivity contribution is 5.87. The minimum Gasteiger partial charge on any atom is -0.462 e. The van der Waals surface area contributed by atoms with Gasteiger partial charge in [0.1, 0.15) is 0 Å². The van der Waals surface area contributed by atoms with E-state index < -0.39 is 0 Å². The molecule has 0 saturated carbocycles. The first kappa shape index (κ1) is 15.2. The van der Waals surface area contributed by atoms with E-state index in [9.17, 15) is 4.79 Å². The van der Waals surface area contributed by atoms with Crippen LogP contribution in [0.5, 0.6) is 0 Å². The van der Waals surface area contributed by atoms with Crippen LogP contribution >= 0.6 is 0 Å². The molecule has 0 heterocycles. The molecule has 0 rings (SSSR count). The van der Waals surface area contributed by atoms with E-state index >= 15 is 0 Å². The van der Waals surface area contributed by atoms with Crippen molar-refractivity contribution in [2.45, 2.75) is 65.7 Å². The van der Waals surface area contributed by atoms with Gasteiger partial charge in [-0.3, -0.25) is 0 Å². The van der Waals surface area contributed by atoms with Crippen molar-refractivity contribution < 1.29 is 9.53 Å². The zero-order valence-electron chi connectivity index (χ0n) is 11.1. The second-order valence-electron chi connectivity index (χ2n) is 4.23. The molecular formula is C14H26O2. The molecule has 0 spiro atoms. The first-order chi connectivity index (χ1) is 7.72. The summed E-state index contributed by atoms with van der Waals surface area (Å²) in [6, 6.07) is 0. The molecular weight excluding hydrogens is 200 g/mol. The summed E-state index contributed by atoms with van der Waals surface area (Å²) >= 11 is 0. The lowest BCUT2D eigenvalue weighted by atomic mass is 10.2. The van der Waals surface area contributed by atoms with Gasteiger partial charge in [-0.1, -0.05) is 52.0 Å². The zero-order chi connectivity index (χ0) is 12.2. The molecule has 0 radical (unpaired) electrons. The highest BCUT2D eigenvalue weighted by Gasteiger charge is 2.04. The molecule has 2 heteroatoms. The Hall–Kier alpha value is -0.790. The van der Waals surface area contributed by atoms with Crippen LogP contribution in [0.3, 0.4) is 0 Å². The van der Waals surface area contributed by atoms with Crippen LogP contribution in [0.1, 0.15) is 65.7 Å². The second-order valence-corrected chi connectivity index (χ2v) is 4.23. The predicted octanol–water partition coefficient (Wildman–Crippen LogP) is 4.25. The molecule has 0 fully saturated rings. The summed E-state index contributed by atoms with van der Waals surface area (Å²) in [6.45, 7) is 6.73. The third-order valence-corrected chi connectivity index (χ3v) is 2.56. The van der Waals surface area contributed by atoms with Crippen molar-refractivity contribution in [3.05, 3.63) is 11.6 Å². The van der Waals surface area contributed by atoms with E-state index in [1.807, 2.05) is 13.0 Å². The van der Waals surface area contributed by atoms with Gasteiger partial charge in [-0.2, -0.15) is 0 Å². The number of hydrogen-bond acceptors (Lipinski definition) is 2. The molecule has 0 aliphatic carbocycles. The normalized spacial score (nSPS) is 11.6. The van der Waals surface area contributed by atoms with Gasteiger partial charge in [-0.25, -0.2) is 4.79 Å². The molecule has 2 nitrogen and oxygen atoms in total. The first-order valence-electron chi connectivity index (χ1n) is 6.56. The van der Waals surface area contributed by atoms with Crippen molar-refractivity contribution in [3.63, 3.8) is 0 Å². The number of allylic oxidation sites excluding steroid dienone is 1. The summed E-state index contributed by atoms with van der Waals surface area (Å²) in [7, 11) is 0. The van der Waals surface area contributed by atoms with Gasteiger partial charge < -0.3 is 4.74 Å². The van der Waals surface area contributed by atoms with Crippen molar-refractivity contribution in [2.24, 2.45) is 0 Å². The monoisotopic (exact) mass is 226 g/mol. The van der Waals surface area contributed by atoms with Crippen molar-refractivity contribution in [1.29, 1.82) is 0 Å². The third-order valence-electron chi connectivity index (χ3n) is 2.56. The van der Waals surface area contributed by atoms with Gasteiger partial charge in [0.05, 0.1) is 6.61 Å². The van der Waals surface area contributed by atoms with Crippen LogP contribution in [0.15, 0.2) is 11.6 Å². The first-order valence-corrected chi connectivity index (χ1v) is 6.56. The number of esters is 1. The molecule has 0 aromatic heterocycles. The fourth-order valence-corrected chi connectivity index (χ4v) is 1.41. The Morgan fingerprint density at radius 2 is 1.75 bits per heavy atom. The fourth-order valence-electron chi connectivity index (χ4n) is 1.41. The van der Waals surface area contributed by atoms with Gasteiger partial charge in [0.15, 0.2) is 0 Å². The summed E-state index contributed by atoms with van der Waals surface area (Å²) in [5.41, 5.74) is 0.754. The molecule has 0 amide bonds. The quantitative estimate of drug-likeness (QED) is 0.334. The maximum atomic E-state index is 11.5. The number of carbonyl (C=O) groups excluding carboxylic acids is 1. The van der Waals surface area contributed by atoms with Crippen LogP contribution in [0.25, 0.3) is 0 Å². The summed E-state index contributed by atoms with van der Waals surface area (Å²) < 4.78 is 5.17. The lowest BCUT2D eigenvalue weighted by molar-refractivity contribution is -0.139. The van der Waals surface area contributed by atoms with Gasteiger partial charge in [-0.15, -0.1) is 0 Å². The lowest BCUT2D eigenvalue weighted by Gasteiger charge is -2.04. The molecule has 0 aromatic rings. The molecule has 0 aromatic carbocycles. The smallest absolute Gasteiger partial charge is 0.333 e. The van der Waals surface area contributed by atoms with Crippen molar-refractivity contribution >= 4 is 5.97 Å². The highest BCUT2D eigenvalue weighted by atomic mass is 16.5. The molecule has 0 aliphatic heterocycles. The average molecular weight is 226 g/mol. The van der Waals surface area contributed by atoms with Crippen LogP contribution < -0.4 is 0 Å². The Balaban J connectivity index is 3.58. The number of rotatable bonds is 9. The Bertz CT molecular complexity index is 207. The van der Waals surface area contributed by atoms with Gasteiger partial charge in [0, 0.05) is 5.57 Å². The third kappa shape index (κ3) is 8.51. The van der Waals surface area contributed by atoms with Crippen LogP contribution in [0.4, 0.5) is 0 Å². The Morgan fingerprint density at radius 3 is 2.38 bits per heavy atom. The largest absolute Gasteiger partial charge is 0.462 e. The predicted molar refractivity (Wildman–Crippen MR) is 68.4 cm³/mol. The van der Waals surface area contributed by atoms with Gasteiger partial charge in [0.2, 0.25) is 0 Å². The molecule has 0 N–H and O–H groups in total. The van der Waals surface area contributed by atoms with Gasteiger partial charge in [-0.05, 0) is 19.8 Å². The molecule has 0 unspecified atom stereocenters. The van der Waals surface area contributed by atoms with Crippen LogP contribution in [-0.2, 0) is 9.53 Å². The zero-order valence-corrected chi connectivity index (χ0v) is 11.1. The van der Waals surface area contributed by atoms with Gasteiger partial charge in [0.25, 0.3) is 0 Å². The maximum Gasteiger partial charge on any atom is 0.333 e. The molecule has 16 heavy (non-hydrogen) atoms. The Labute approximate surface area is 100 Å². The molecule has 0 saturated heterocycles. The van der Waals surface area contributed by atoms with E-state index in [-0.39, 0.29) is 5.97 Å². The van der Waals surface area contributed by atoms with E-state index in [4.69, 9.17) is 4.74 Å². The molecule has 0 bridgehead atoms. The van der Waals surface area contributed by atoms with Crippen molar-refractivity contribution in [1.82, 2.24) is 0 Å². The van der Waals surface area contributed by atoms with Crippen LogP contribution in [0.2, 0.25) is 0 Å². The van der Waals surface area contributed by atoms with E-state index in [1.54, 1.807) is 0 Å². The maximum absolute atomic E-state index is 11.5. The summed E-state index contributed by atoms with van der Waals surface area (Å²) in [4.78, 5) is 11.5. The minimum absolute atomic E-state index is 0.146. The number of carbonyl (C=O) groups is 1. The van der Waals surface area contributed by atoms with E-state index in [1.165, 1.54) is 12.8 Å². The van der Waals surface area contributed by atoms with Crippen LogP contribution in [-0.4, -0.2) is 12.6 Å². The highest BCUT2D eigenvalue weighted by Crippen LogP contribution is 2.04. The number of ether oxygens (including phenoxy) is 1. The minimum atomic E-state index is -0.146. The molecule has 0 aliphatic rings. The SMILES string of the molecule is CCCC/C=C(\C)C(=O)OCCCCCC. The molecule has 0 atom stereocenters. The lowest BCUT2D eigenvalue weighted by Crippen LogP contribution is -2.07.